The van der Waals surface area contributed by atoms with Crippen molar-refractivity contribution in [1.82, 2.24) is 25.3 Å². The van der Waals surface area contributed by atoms with Crippen molar-refractivity contribution in [1.29, 1.82) is 0 Å². The Morgan fingerprint density at radius 1 is 1.31 bits per heavy atom. The third-order valence-electron chi connectivity index (χ3n) is 4.24. The minimum atomic E-state index is 0.419. The van der Waals surface area contributed by atoms with E-state index in [4.69, 9.17) is 16.1 Å². The first kappa shape index (κ1) is 18.7. The van der Waals surface area contributed by atoms with E-state index in [1.165, 1.54) is 5.56 Å². The van der Waals surface area contributed by atoms with Crippen LogP contribution in [-0.2, 0) is 13.1 Å². The molecule has 0 aliphatic carbocycles. The van der Waals surface area contributed by atoms with Crippen molar-refractivity contribution in [2.75, 3.05) is 32.7 Å². The number of guanidine groups is 1. The molecule has 1 N–H and O–H groups in total. The van der Waals surface area contributed by atoms with Crippen LogP contribution in [0, 0.1) is 6.92 Å². The fourth-order valence-electron chi connectivity index (χ4n) is 2.99. The molecule has 1 aliphatic rings. The lowest BCUT2D eigenvalue weighted by Crippen LogP contribution is -2.52. The topological polar surface area (TPSA) is 69.8 Å². The minimum absolute atomic E-state index is 0.419. The fourth-order valence-corrected chi connectivity index (χ4v) is 3.20. The predicted molar refractivity (Wildman–Crippen MR) is 102 cm³/mol. The molecule has 140 valence electrons. The van der Waals surface area contributed by atoms with Crippen LogP contribution < -0.4 is 5.32 Å². The number of halogens is 1. The Morgan fingerprint density at radius 3 is 2.77 bits per heavy atom. The van der Waals surface area contributed by atoms with E-state index in [1.54, 1.807) is 6.92 Å². The third kappa shape index (κ3) is 5.19. The minimum Gasteiger partial charge on any atom is -0.357 e. The summed E-state index contributed by atoms with van der Waals surface area (Å²) in [4.78, 5) is 13.6. The summed E-state index contributed by atoms with van der Waals surface area (Å²) in [6.07, 6.45) is 0. The molecule has 2 heterocycles. The second kappa shape index (κ2) is 9.00. The van der Waals surface area contributed by atoms with Gasteiger partial charge in [0.05, 0.1) is 0 Å². The van der Waals surface area contributed by atoms with E-state index in [1.807, 2.05) is 18.2 Å². The van der Waals surface area contributed by atoms with Crippen LogP contribution in [0.5, 0.6) is 0 Å². The van der Waals surface area contributed by atoms with Gasteiger partial charge in [0, 0.05) is 51.2 Å². The average molecular weight is 377 g/mol. The largest absolute Gasteiger partial charge is 0.357 e. The summed E-state index contributed by atoms with van der Waals surface area (Å²) in [5.74, 6) is 2.07. The number of aliphatic imine (C=N–C) groups is 1. The highest BCUT2D eigenvalue weighted by atomic mass is 35.5. The molecule has 0 radical (unpaired) electrons. The molecule has 0 unspecified atom stereocenters. The SMILES string of the molecule is CCNC(=NCc1noc(C)n1)N1CCN(Cc2cccc(Cl)c2)CC1. The van der Waals surface area contributed by atoms with Crippen LogP contribution in [0.25, 0.3) is 0 Å². The van der Waals surface area contributed by atoms with Crippen molar-refractivity contribution in [3.63, 3.8) is 0 Å². The van der Waals surface area contributed by atoms with Gasteiger partial charge in [-0.05, 0) is 24.6 Å². The van der Waals surface area contributed by atoms with Crippen molar-refractivity contribution in [3.05, 3.63) is 46.6 Å². The maximum atomic E-state index is 6.08. The van der Waals surface area contributed by atoms with Gasteiger partial charge in [0.25, 0.3) is 0 Å². The van der Waals surface area contributed by atoms with Crippen LogP contribution in [0.3, 0.4) is 0 Å². The number of nitrogens with one attached hydrogen (secondary N) is 1. The van der Waals surface area contributed by atoms with E-state index in [0.717, 1.165) is 50.3 Å². The number of aromatic nitrogens is 2. The van der Waals surface area contributed by atoms with Gasteiger partial charge in [-0.25, -0.2) is 4.99 Å². The molecule has 8 heteroatoms. The first-order chi connectivity index (χ1) is 12.6. The molecule has 0 bridgehead atoms. The average Bonchev–Trinajstić information content (AvgIpc) is 3.05. The Balaban J connectivity index is 1.55. The van der Waals surface area contributed by atoms with E-state index in [-0.39, 0.29) is 0 Å². The van der Waals surface area contributed by atoms with E-state index in [9.17, 15) is 0 Å². The van der Waals surface area contributed by atoms with Crippen molar-refractivity contribution >= 4 is 17.6 Å². The van der Waals surface area contributed by atoms with Crippen LogP contribution in [0.2, 0.25) is 5.02 Å². The number of benzene rings is 1. The molecule has 1 saturated heterocycles. The van der Waals surface area contributed by atoms with Crippen LogP contribution in [0.4, 0.5) is 0 Å². The van der Waals surface area contributed by atoms with Gasteiger partial charge in [-0.3, -0.25) is 4.90 Å². The van der Waals surface area contributed by atoms with E-state index >= 15 is 0 Å². The molecule has 1 aromatic heterocycles. The van der Waals surface area contributed by atoms with Gasteiger partial charge in [0.15, 0.2) is 11.8 Å². The summed E-state index contributed by atoms with van der Waals surface area (Å²) in [6.45, 7) is 9.85. The molecule has 0 spiro atoms. The zero-order valence-electron chi connectivity index (χ0n) is 15.3. The lowest BCUT2D eigenvalue weighted by Gasteiger charge is -2.36. The van der Waals surface area contributed by atoms with E-state index < -0.39 is 0 Å². The van der Waals surface area contributed by atoms with Crippen LogP contribution in [0.15, 0.2) is 33.8 Å². The first-order valence-electron chi connectivity index (χ1n) is 8.93. The summed E-state index contributed by atoms with van der Waals surface area (Å²) in [7, 11) is 0. The normalized spacial score (nSPS) is 16.1. The lowest BCUT2D eigenvalue weighted by atomic mass is 10.2. The number of aryl methyl sites for hydroxylation is 1. The Hall–Kier alpha value is -2.12. The second-order valence-corrected chi connectivity index (χ2v) is 6.73. The molecular formula is C18H25ClN6O. The third-order valence-corrected chi connectivity index (χ3v) is 4.48. The van der Waals surface area contributed by atoms with Gasteiger partial charge in [-0.2, -0.15) is 4.98 Å². The summed E-state index contributed by atoms with van der Waals surface area (Å²) in [5.41, 5.74) is 1.25. The Morgan fingerprint density at radius 2 is 2.12 bits per heavy atom. The maximum absolute atomic E-state index is 6.08. The number of hydrogen-bond donors (Lipinski definition) is 1. The quantitative estimate of drug-likeness (QED) is 0.638. The van der Waals surface area contributed by atoms with Gasteiger partial charge >= 0.3 is 0 Å². The standard InChI is InChI=1S/C18H25ClN6O/c1-3-20-18(21-12-17-22-14(2)26-23-17)25-9-7-24(8-10-25)13-15-5-4-6-16(19)11-15/h4-6,11H,3,7-10,12-13H2,1-2H3,(H,20,21). The van der Waals surface area contributed by atoms with Gasteiger partial charge in [-0.1, -0.05) is 28.9 Å². The molecule has 1 aliphatic heterocycles. The Kier molecular flexibility index (Phi) is 6.46. The molecule has 0 amide bonds. The molecule has 26 heavy (non-hydrogen) atoms. The zero-order chi connectivity index (χ0) is 18.4. The van der Waals surface area contributed by atoms with Gasteiger partial charge < -0.3 is 14.7 Å². The highest BCUT2D eigenvalue weighted by Gasteiger charge is 2.20. The molecule has 3 rings (SSSR count). The van der Waals surface area contributed by atoms with Crippen LogP contribution in [-0.4, -0.2) is 58.6 Å². The molecule has 1 fully saturated rings. The maximum Gasteiger partial charge on any atom is 0.223 e. The van der Waals surface area contributed by atoms with Gasteiger partial charge in [0.2, 0.25) is 5.89 Å². The monoisotopic (exact) mass is 376 g/mol. The summed E-state index contributed by atoms with van der Waals surface area (Å²) < 4.78 is 5.00. The number of hydrogen-bond acceptors (Lipinski definition) is 5. The molecule has 2 aromatic rings. The Labute approximate surface area is 159 Å². The number of piperazine rings is 1. The molecule has 7 nitrogen and oxygen atoms in total. The summed E-state index contributed by atoms with van der Waals surface area (Å²) >= 11 is 6.08. The Bertz CT molecular complexity index is 739. The smallest absolute Gasteiger partial charge is 0.223 e. The highest BCUT2D eigenvalue weighted by molar-refractivity contribution is 6.30. The molecule has 0 atom stereocenters. The zero-order valence-corrected chi connectivity index (χ0v) is 16.0. The number of nitrogens with zero attached hydrogens (tertiary/aromatic N) is 5. The highest BCUT2D eigenvalue weighted by Crippen LogP contribution is 2.14. The van der Waals surface area contributed by atoms with Crippen LogP contribution >= 0.6 is 11.6 Å². The van der Waals surface area contributed by atoms with Crippen molar-refractivity contribution in [2.24, 2.45) is 4.99 Å². The summed E-state index contributed by atoms with van der Waals surface area (Å²) in [5, 5.41) is 8.05. The number of rotatable bonds is 5. The lowest BCUT2D eigenvalue weighted by molar-refractivity contribution is 0.172. The molecule has 1 aromatic carbocycles. The van der Waals surface area contributed by atoms with Crippen LogP contribution in [0.1, 0.15) is 24.2 Å². The fraction of sp³-hybridized carbons (Fsp3) is 0.500. The van der Waals surface area contributed by atoms with E-state index in [0.29, 0.717) is 18.3 Å². The van der Waals surface area contributed by atoms with Crippen molar-refractivity contribution < 1.29 is 4.52 Å². The van der Waals surface area contributed by atoms with Gasteiger partial charge in [0.1, 0.15) is 6.54 Å². The molecular weight excluding hydrogens is 352 g/mol. The first-order valence-corrected chi connectivity index (χ1v) is 9.31. The van der Waals surface area contributed by atoms with Crippen molar-refractivity contribution in [3.8, 4) is 0 Å². The van der Waals surface area contributed by atoms with Crippen molar-refractivity contribution in [2.45, 2.75) is 26.9 Å². The predicted octanol–water partition coefficient (Wildman–Crippen LogP) is 2.31. The summed E-state index contributed by atoms with van der Waals surface area (Å²) in [6, 6.07) is 8.07. The van der Waals surface area contributed by atoms with Gasteiger partial charge in [-0.15, -0.1) is 0 Å². The second-order valence-electron chi connectivity index (χ2n) is 6.29. The molecule has 0 saturated carbocycles. The van der Waals surface area contributed by atoms with E-state index in [2.05, 4.69) is 43.2 Å².